The third kappa shape index (κ3) is 4.99. The molecule has 3 amide bonds. The first-order valence-electron chi connectivity index (χ1n) is 9.31. The van der Waals surface area contributed by atoms with Gasteiger partial charge in [0.2, 0.25) is 0 Å². The second-order valence-electron chi connectivity index (χ2n) is 7.92. The van der Waals surface area contributed by atoms with Gasteiger partial charge in [-0.2, -0.15) is 0 Å². The largest absolute Gasteiger partial charge is 0.444 e. The minimum absolute atomic E-state index is 0.0238. The zero-order valence-electron chi connectivity index (χ0n) is 16.6. The smallest absolute Gasteiger partial charge is 0.408 e. The van der Waals surface area contributed by atoms with Crippen molar-refractivity contribution in [3.8, 4) is 0 Å². The highest BCUT2D eigenvalue weighted by atomic mass is 19.1. The van der Waals surface area contributed by atoms with Crippen LogP contribution in [-0.4, -0.2) is 34.5 Å². The van der Waals surface area contributed by atoms with Crippen molar-refractivity contribution in [1.29, 1.82) is 0 Å². The Hall–Kier alpha value is -3.22. The summed E-state index contributed by atoms with van der Waals surface area (Å²) in [5, 5.41) is 2.54. The fourth-order valence-corrected chi connectivity index (χ4v) is 3.17. The van der Waals surface area contributed by atoms with E-state index in [-0.39, 0.29) is 13.0 Å². The molecular weight excluding hydrogens is 375 g/mol. The van der Waals surface area contributed by atoms with Gasteiger partial charge in [-0.25, -0.2) is 9.18 Å². The summed E-state index contributed by atoms with van der Waals surface area (Å²) in [5.41, 5.74) is 0.967. The first kappa shape index (κ1) is 20.5. The van der Waals surface area contributed by atoms with Gasteiger partial charge in [0.05, 0.1) is 6.54 Å². The van der Waals surface area contributed by atoms with Crippen molar-refractivity contribution < 1.29 is 23.5 Å². The zero-order valence-corrected chi connectivity index (χ0v) is 16.6. The number of imide groups is 1. The fraction of sp³-hybridized carbons (Fsp3) is 0.318. The first-order valence-corrected chi connectivity index (χ1v) is 9.31. The Kier molecular flexibility index (Phi) is 5.68. The van der Waals surface area contributed by atoms with Crippen LogP contribution in [0.2, 0.25) is 0 Å². The third-order valence-electron chi connectivity index (χ3n) is 4.41. The number of benzene rings is 2. The number of rotatable bonds is 4. The van der Waals surface area contributed by atoms with Crippen molar-refractivity contribution >= 4 is 17.9 Å². The van der Waals surface area contributed by atoms with E-state index in [2.05, 4.69) is 5.32 Å². The summed E-state index contributed by atoms with van der Waals surface area (Å²) < 4.78 is 18.8. The van der Waals surface area contributed by atoms with Crippen molar-refractivity contribution in [2.75, 3.05) is 0 Å². The first-order chi connectivity index (χ1) is 13.6. The lowest BCUT2D eigenvalue weighted by atomic mass is 10.0. The number of nitrogens with zero attached hydrogens (tertiary/aromatic N) is 1. The Labute approximate surface area is 168 Å². The summed E-state index contributed by atoms with van der Waals surface area (Å²) in [6.07, 6.45) is -0.757. The second-order valence-corrected chi connectivity index (χ2v) is 7.92. The van der Waals surface area contributed by atoms with Gasteiger partial charge in [-0.3, -0.25) is 14.5 Å². The predicted molar refractivity (Wildman–Crippen MR) is 105 cm³/mol. The van der Waals surface area contributed by atoms with Crippen molar-refractivity contribution in [2.24, 2.45) is 0 Å². The van der Waals surface area contributed by atoms with E-state index in [9.17, 15) is 18.8 Å². The van der Waals surface area contributed by atoms with Gasteiger partial charge in [0.15, 0.2) is 0 Å². The molecule has 1 heterocycles. The summed E-state index contributed by atoms with van der Waals surface area (Å²) in [6, 6.07) is 11.6. The Morgan fingerprint density at radius 3 is 2.55 bits per heavy atom. The molecule has 0 fully saturated rings. The van der Waals surface area contributed by atoms with Gasteiger partial charge in [-0.05, 0) is 50.1 Å². The number of carbonyl (C=O) groups excluding carboxylic acids is 3. The lowest BCUT2D eigenvalue weighted by molar-refractivity contribution is -0.131. The molecule has 0 bridgehead atoms. The van der Waals surface area contributed by atoms with Gasteiger partial charge in [0.1, 0.15) is 17.5 Å². The molecule has 0 radical (unpaired) electrons. The average Bonchev–Trinajstić information content (AvgIpc) is 2.96. The van der Waals surface area contributed by atoms with Crippen molar-refractivity contribution in [2.45, 2.75) is 45.4 Å². The van der Waals surface area contributed by atoms with Gasteiger partial charge in [-0.1, -0.05) is 30.3 Å². The molecule has 0 saturated heterocycles. The predicted octanol–water partition coefficient (Wildman–Crippen LogP) is 3.44. The van der Waals surface area contributed by atoms with Crippen LogP contribution < -0.4 is 5.32 Å². The molecule has 1 aliphatic rings. The van der Waals surface area contributed by atoms with Crippen LogP contribution in [0.25, 0.3) is 0 Å². The van der Waals surface area contributed by atoms with E-state index >= 15 is 0 Å². The van der Waals surface area contributed by atoms with Gasteiger partial charge in [0.25, 0.3) is 11.8 Å². The van der Waals surface area contributed by atoms with E-state index in [0.717, 1.165) is 10.5 Å². The number of nitrogens with one attached hydrogen (secondary N) is 1. The average molecular weight is 398 g/mol. The zero-order chi connectivity index (χ0) is 21.2. The number of hydrogen-bond acceptors (Lipinski definition) is 4. The maximum absolute atomic E-state index is 13.6. The lowest BCUT2D eigenvalue weighted by Crippen LogP contribution is -2.50. The summed E-state index contributed by atoms with van der Waals surface area (Å²) >= 11 is 0. The summed E-state index contributed by atoms with van der Waals surface area (Å²) in [7, 11) is 0. The van der Waals surface area contributed by atoms with Crippen LogP contribution in [0.1, 0.15) is 42.3 Å². The number of fused-ring (bicyclic) bond motifs is 1. The molecule has 0 saturated carbocycles. The van der Waals surface area contributed by atoms with Crippen LogP contribution in [0.5, 0.6) is 0 Å². The van der Waals surface area contributed by atoms with E-state index in [1.54, 1.807) is 51.1 Å². The molecule has 29 heavy (non-hydrogen) atoms. The maximum Gasteiger partial charge on any atom is 0.408 e. The maximum atomic E-state index is 13.6. The summed E-state index contributed by atoms with van der Waals surface area (Å²) in [5.74, 6) is -1.43. The number of carbonyl (C=O) groups is 3. The van der Waals surface area contributed by atoms with Crippen LogP contribution in [0.3, 0.4) is 0 Å². The molecule has 2 aromatic carbocycles. The number of hydrogen-bond donors (Lipinski definition) is 1. The highest BCUT2D eigenvalue weighted by molar-refractivity contribution is 6.09. The molecule has 0 aliphatic carbocycles. The molecule has 0 spiro atoms. The Morgan fingerprint density at radius 2 is 1.90 bits per heavy atom. The minimum Gasteiger partial charge on any atom is -0.444 e. The van der Waals surface area contributed by atoms with Crippen LogP contribution in [0, 0.1) is 5.82 Å². The van der Waals surface area contributed by atoms with Gasteiger partial charge >= 0.3 is 6.09 Å². The standard InChI is InChI=1S/C22H23FN2O4/c1-22(2,3)29-21(28)24-18(12-14-7-6-9-16(23)11-14)20(27)25-13-15-8-4-5-10-17(15)19(25)26/h4-11,18H,12-13H2,1-3H3,(H,24,28)/t18-/m0/s1. The monoisotopic (exact) mass is 398 g/mol. The second kappa shape index (κ2) is 8.03. The van der Waals surface area contributed by atoms with Crippen molar-refractivity contribution in [1.82, 2.24) is 10.2 Å². The summed E-state index contributed by atoms with van der Waals surface area (Å²) in [4.78, 5) is 39.2. The molecule has 1 aliphatic heterocycles. The molecule has 1 N–H and O–H groups in total. The third-order valence-corrected chi connectivity index (χ3v) is 4.41. The lowest BCUT2D eigenvalue weighted by Gasteiger charge is -2.25. The highest BCUT2D eigenvalue weighted by Gasteiger charge is 2.36. The quantitative estimate of drug-likeness (QED) is 0.856. The molecule has 1 atom stereocenters. The van der Waals surface area contributed by atoms with Crippen LogP contribution in [0.4, 0.5) is 9.18 Å². The number of halogens is 1. The van der Waals surface area contributed by atoms with Gasteiger partial charge in [-0.15, -0.1) is 0 Å². The van der Waals surface area contributed by atoms with Crippen LogP contribution >= 0.6 is 0 Å². The molecule has 7 heteroatoms. The molecule has 0 aromatic heterocycles. The Morgan fingerprint density at radius 1 is 1.17 bits per heavy atom. The van der Waals surface area contributed by atoms with Crippen LogP contribution in [-0.2, 0) is 22.5 Å². The topological polar surface area (TPSA) is 75.7 Å². The van der Waals surface area contributed by atoms with Crippen molar-refractivity contribution in [3.63, 3.8) is 0 Å². The van der Waals surface area contributed by atoms with E-state index < -0.39 is 35.4 Å². The summed E-state index contributed by atoms with van der Waals surface area (Å²) in [6.45, 7) is 5.24. The molecule has 3 rings (SSSR count). The Balaban J connectivity index is 1.83. The molecule has 6 nitrogen and oxygen atoms in total. The normalized spacial score (nSPS) is 14.3. The molecule has 0 unspecified atom stereocenters. The van der Waals surface area contributed by atoms with Gasteiger partial charge in [0, 0.05) is 12.0 Å². The van der Waals surface area contributed by atoms with E-state index in [4.69, 9.17) is 4.74 Å². The number of amides is 3. The van der Waals surface area contributed by atoms with E-state index in [0.29, 0.717) is 11.1 Å². The minimum atomic E-state index is -1.08. The van der Waals surface area contributed by atoms with E-state index in [1.165, 1.54) is 18.2 Å². The number of ether oxygens (including phenoxy) is 1. The van der Waals surface area contributed by atoms with Crippen LogP contribution in [0.15, 0.2) is 48.5 Å². The van der Waals surface area contributed by atoms with Gasteiger partial charge < -0.3 is 10.1 Å². The van der Waals surface area contributed by atoms with Crippen molar-refractivity contribution in [3.05, 3.63) is 71.0 Å². The molecular formula is C22H23FN2O4. The Bertz CT molecular complexity index is 952. The fourth-order valence-electron chi connectivity index (χ4n) is 3.17. The highest BCUT2D eigenvalue weighted by Crippen LogP contribution is 2.23. The number of alkyl carbamates (subject to hydrolysis) is 1. The molecule has 152 valence electrons. The van der Waals surface area contributed by atoms with E-state index in [1.807, 2.05) is 0 Å². The molecule has 2 aromatic rings. The SMILES string of the molecule is CC(C)(C)OC(=O)N[C@@H](Cc1cccc(F)c1)C(=O)N1Cc2ccccc2C1=O.